The SMILES string of the molecule is Cc1ccc(-c2cc(-c3ccccc3)nc(-c3ccc(F)cc3)c2-c2ccccc2)cc1. The third kappa shape index (κ3) is 3.95. The van der Waals surface area contributed by atoms with Crippen LogP contribution in [0.5, 0.6) is 0 Å². The second kappa shape index (κ2) is 8.60. The lowest BCUT2D eigenvalue weighted by atomic mass is 9.89. The molecule has 0 amide bonds. The van der Waals surface area contributed by atoms with Gasteiger partial charge in [-0.3, -0.25) is 0 Å². The summed E-state index contributed by atoms with van der Waals surface area (Å²) in [5.41, 5.74) is 9.22. The van der Waals surface area contributed by atoms with Crippen LogP contribution in [-0.4, -0.2) is 4.98 Å². The van der Waals surface area contributed by atoms with Crippen molar-refractivity contribution in [1.29, 1.82) is 0 Å². The van der Waals surface area contributed by atoms with Crippen molar-refractivity contribution in [1.82, 2.24) is 4.98 Å². The lowest BCUT2D eigenvalue weighted by molar-refractivity contribution is 0.628. The maximum absolute atomic E-state index is 13.7. The summed E-state index contributed by atoms with van der Waals surface area (Å²) >= 11 is 0. The van der Waals surface area contributed by atoms with Crippen LogP contribution in [-0.2, 0) is 0 Å². The van der Waals surface area contributed by atoms with Crippen molar-refractivity contribution in [3.05, 3.63) is 127 Å². The third-order valence-corrected chi connectivity index (χ3v) is 5.63. The van der Waals surface area contributed by atoms with E-state index < -0.39 is 0 Å². The number of aryl methyl sites for hydroxylation is 1. The molecule has 0 atom stereocenters. The largest absolute Gasteiger partial charge is 0.247 e. The van der Waals surface area contributed by atoms with E-state index in [0.717, 1.165) is 44.8 Å². The van der Waals surface area contributed by atoms with Gasteiger partial charge in [-0.2, -0.15) is 0 Å². The van der Waals surface area contributed by atoms with Crippen molar-refractivity contribution >= 4 is 0 Å². The minimum absolute atomic E-state index is 0.256. The van der Waals surface area contributed by atoms with Crippen LogP contribution in [0, 0.1) is 12.7 Å². The second-order valence-electron chi connectivity index (χ2n) is 7.88. The van der Waals surface area contributed by atoms with E-state index in [0.29, 0.717) is 0 Å². The Morgan fingerprint density at radius 2 is 1.12 bits per heavy atom. The summed E-state index contributed by atoms with van der Waals surface area (Å²) in [5, 5.41) is 0. The molecule has 0 fully saturated rings. The normalized spacial score (nSPS) is 10.8. The highest BCUT2D eigenvalue weighted by atomic mass is 19.1. The van der Waals surface area contributed by atoms with E-state index in [1.165, 1.54) is 17.7 Å². The fourth-order valence-corrected chi connectivity index (χ4v) is 3.98. The molecular weight excluding hydrogens is 393 g/mol. The number of benzene rings is 4. The molecule has 1 nitrogen and oxygen atoms in total. The number of hydrogen-bond acceptors (Lipinski definition) is 1. The molecule has 5 aromatic rings. The van der Waals surface area contributed by atoms with Gasteiger partial charge in [0.25, 0.3) is 0 Å². The zero-order valence-electron chi connectivity index (χ0n) is 17.8. The van der Waals surface area contributed by atoms with Gasteiger partial charge in [-0.05, 0) is 53.9 Å². The molecule has 1 aromatic heterocycles. The van der Waals surface area contributed by atoms with Gasteiger partial charge in [0.05, 0.1) is 11.4 Å². The van der Waals surface area contributed by atoms with Gasteiger partial charge in [0.2, 0.25) is 0 Å². The first-order valence-electron chi connectivity index (χ1n) is 10.7. The summed E-state index contributed by atoms with van der Waals surface area (Å²) in [7, 11) is 0. The number of halogens is 1. The predicted molar refractivity (Wildman–Crippen MR) is 131 cm³/mol. The highest BCUT2D eigenvalue weighted by Crippen LogP contribution is 2.41. The van der Waals surface area contributed by atoms with Crippen molar-refractivity contribution in [3.63, 3.8) is 0 Å². The molecule has 1 heterocycles. The molecule has 2 heteroatoms. The predicted octanol–water partition coefficient (Wildman–Crippen LogP) is 8.20. The Kier molecular flexibility index (Phi) is 5.35. The number of aromatic nitrogens is 1. The topological polar surface area (TPSA) is 12.9 Å². The molecule has 32 heavy (non-hydrogen) atoms. The van der Waals surface area contributed by atoms with Gasteiger partial charge in [0.1, 0.15) is 5.82 Å². The highest BCUT2D eigenvalue weighted by molar-refractivity contribution is 5.94. The molecule has 4 aromatic carbocycles. The Labute approximate surface area is 187 Å². The van der Waals surface area contributed by atoms with Crippen LogP contribution in [0.2, 0.25) is 0 Å². The highest BCUT2D eigenvalue weighted by Gasteiger charge is 2.18. The van der Waals surface area contributed by atoms with E-state index in [-0.39, 0.29) is 5.82 Å². The van der Waals surface area contributed by atoms with E-state index in [1.54, 1.807) is 12.1 Å². The van der Waals surface area contributed by atoms with Gasteiger partial charge in [-0.15, -0.1) is 0 Å². The molecule has 5 rings (SSSR count). The molecular formula is C30H22FN. The Bertz CT molecular complexity index is 1270. The summed E-state index contributed by atoms with van der Waals surface area (Å²) in [6.45, 7) is 2.09. The molecule has 0 saturated heterocycles. The summed E-state index contributed by atoms with van der Waals surface area (Å²) in [4.78, 5) is 5.10. The molecule has 0 aliphatic carbocycles. The smallest absolute Gasteiger partial charge is 0.123 e. The molecule has 0 aliphatic heterocycles. The fraction of sp³-hybridized carbons (Fsp3) is 0.0333. The fourth-order valence-electron chi connectivity index (χ4n) is 3.98. The average Bonchev–Trinajstić information content (AvgIpc) is 2.85. The lowest BCUT2D eigenvalue weighted by Gasteiger charge is -2.18. The van der Waals surface area contributed by atoms with Gasteiger partial charge in [-0.1, -0.05) is 90.5 Å². The minimum Gasteiger partial charge on any atom is -0.247 e. The summed E-state index contributed by atoms with van der Waals surface area (Å²) in [6, 6.07) is 37.8. The molecule has 0 bridgehead atoms. The van der Waals surface area contributed by atoms with E-state index in [1.807, 2.05) is 36.4 Å². The summed E-state index contributed by atoms with van der Waals surface area (Å²) in [6.07, 6.45) is 0. The van der Waals surface area contributed by atoms with E-state index in [4.69, 9.17) is 4.98 Å². The van der Waals surface area contributed by atoms with Gasteiger partial charge in [-0.25, -0.2) is 9.37 Å². The van der Waals surface area contributed by atoms with Crippen molar-refractivity contribution in [2.75, 3.05) is 0 Å². The van der Waals surface area contributed by atoms with Crippen LogP contribution < -0.4 is 0 Å². The maximum atomic E-state index is 13.7. The molecule has 0 radical (unpaired) electrons. The zero-order valence-corrected chi connectivity index (χ0v) is 17.8. The van der Waals surface area contributed by atoms with Crippen LogP contribution in [0.4, 0.5) is 4.39 Å². The van der Waals surface area contributed by atoms with Crippen LogP contribution in [0.1, 0.15) is 5.56 Å². The van der Waals surface area contributed by atoms with Gasteiger partial charge in [0.15, 0.2) is 0 Å². The first-order valence-corrected chi connectivity index (χ1v) is 10.7. The Morgan fingerprint density at radius 1 is 0.562 bits per heavy atom. The monoisotopic (exact) mass is 415 g/mol. The Balaban J connectivity index is 1.86. The molecule has 0 saturated carbocycles. The van der Waals surface area contributed by atoms with Gasteiger partial charge < -0.3 is 0 Å². The molecule has 0 N–H and O–H groups in total. The number of hydrogen-bond donors (Lipinski definition) is 0. The quantitative estimate of drug-likeness (QED) is 0.288. The standard InChI is InChI=1S/C30H22FN/c1-21-12-14-22(15-13-21)27-20-28(23-8-4-2-5-9-23)32-30(25-16-18-26(31)19-17-25)29(27)24-10-6-3-7-11-24/h2-20H,1H3. The molecule has 0 unspecified atom stereocenters. The van der Waals surface area contributed by atoms with Gasteiger partial charge in [0, 0.05) is 16.7 Å². The Hall–Kier alpha value is -4.04. The van der Waals surface area contributed by atoms with E-state index in [2.05, 4.69) is 61.5 Å². The first kappa shape index (κ1) is 19.9. The second-order valence-corrected chi connectivity index (χ2v) is 7.88. The van der Waals surface area contributed by atoms with Crippen LogP contribution in [0.25, 0.3) is 44.8 Å². The Morgan fingerprint density at radius 3 is 1.75 bits per heavy atom. The third-order valence-electron chi connectivity index (χ3n) is 5.63. The summed E-state index contributed by atoms with van der Waals surface area (Å²) in [5.74, 6) is -0.256. The van der Waals surface area contributed by atoms with Crippen molar-refractivity contribution in [2.24, 2.45) is 0 Å². The van der Waals surface area contributed by atoms with E-state index in [9.17, 15) is 4.39 Å². The minimum atomic E-state index is -0.256. The van der Waals surface area contributed by atoms with E-state index >= 15 is 0 Å². The van der Waals surface area contributed by atoms with Crippen LogP contribution >= 0.6 is 0 Å². The first-order chi connectivity index (χ1) is 15.7. The maximum Gasteiger partial charge on any atom is 0.123 e. The van der Waals surface area contributed by atoms with Gasteiger partial charge >= 0.3 is 0 Å². The lowest BCUT2D eigenvalue weighted by Crippen LogP contribution is -1.97. The molecule has 154 valence electrons. The van der Waals surface area contributed by atoms with Crippen molar-refractivity contribution < 1.29 is 4.39 Å². The number of pyridine rings is 1. The van der Waals surface area contributed by atoms with Crippen LogP contribution in [0.3, 0.4) is 0 Å². The number of nitrogens with zero attached hydrogens (tertiary/aromatic N) is 1. The molecule has 0 aliphatic rings. The average molecular weight is 416 g/mol. The number of rotatable bonds is 4. The summed E-state index contributed by atoms with van der Waals surface area (Å²) < 4.78 is 13.7. The zero-order chi connectivity index (χ0) is 21.9. The van der Waals surface area contributed by atoms with Crippen LogP contribution in [0.15, 0.2) is 115 Å². The van der Waals surface area contributed by atoms with Crippen molar-refractivity contribution in [2.45, 2.75) is 6.92 Å². The molecule has 0 spiro atoms. The van der Waals surface area contributed by atoms with Crippen molar-refractivity contribution in [3.8, 4) is 44.8 Å².